The molecule has 0 aromatic heterocycles. The van der Waals surface area contributed by atoms with Gasteiger partial charge in [0.1, 0.15) is 0 Å². The third-order valence-electron chi connectivity index (χ3n) is 0. The topological polar surface area (TPSA) is 57.5 Å². The van der Waals surface area contributed by atoms with Crippen LogP contribution in [0.3, 0.4) is 0 Å². The molecule has 2 N–H and O–H groups in total. The molecular formula is C2H8O3W-2. The summed E-state index contributed by atoms with van der Waals surface area (Å²) in [7, 11) is 0. The van der Waals surface area contributed by atoms with Crippen molar-refractivity contribution >= 4 is 0 Å². The number of hydrogen-bond donors (Lipinski definition) is 2. The van der Waals surface area contributed by atoms with Crippen molar-refractivity contribution in [3.8, 4) is 0 Å². The molecule has 4 heteroatoms. The summed E-state index contributed by atoms with van der Waals surface area (Å²) in [6, 6.07) is 0. The molecule has 0 saturated heterocycles. The van der Waals surface area contributed by atoms with E-state index in [1.165, 1.54) is 0 Å². The maximum atomic E-state index is 8.33. The van der Waals surface area contributed by atoms with Crippen LogP contribution in [-0.4, -0.2) is 10.5 Å². The molecule has 0 spiro atoms. The third kappa shape index (κ3) is 307. The van der Waals surface area contributed by atoms with Gasteiger partial charge in [-0.3, -0.25) is 10.5 Å². The van der Waals surface area contributed by atoms with Crippen molar-refractivity contribution in [2.24, 2.45) is 0 Å². The molecule has 0 heterocycles. The Labute approximate surface area is 49.1 Å². The van der Waals surface area contributed by atoms with E-state index in [-0.39, 0.29) is 14.9 Å². The van der Waals surface area contributed by atoms with Gasteiger partial charge in [0.25, 0.3) is 0 Å². The molecule has 3 nitrogen and oxygen atoms in total. The fourth-order valence-electron chi connectivity index (χ4n) is 0. The van der Waals surface area contributed by atoms with E-state index in [9.17, 15) is 0 Å². The van der Waals surface area contributed by atoms with Crippen molar-refractivity contribution < 1.29 is 33.7 Å². The molecule has 0 aliphatic heterocycles. The van der Waals surface area contributed by atoms with Crippen LogP contribution < -0.4 is 0 Å². The summed E-state index contributed by atoms with van der Waals surface area (Å²) in [5, 5.41) is 12.0. The van der Waals surface area contributed by atoms with Gasteiger partial charge < -0.3 is 14.9 Å². The summed E-state index contributed by atoms with van der Waals surface area (Å²) in [5.41, 5.74) is 0. The predicted molar refractivity (Wildman–Crippen MR) is 18.8 cm³/mol. The van der Waals surface area contributed by atoms with Gasteiger partial charge in [-0.15, -0.1) is 0 Å². The number of rotatable bonds is 0. The Bertz CT molecular complexity index is 8.75. The molecule has 0 aliphatic rings. The summed E-state index contributed by atoms with van der Waals surface area (Å²) < 4.78 is 8.33. The molecular weight excluding hydrogens is 256 g/mol. The fraction of sp³-hybridized carbons (Fsp3) is 0. The Kier molecular flexibility index (Phi) is 3400. The van der Waals surface area contributed by atoms with Crippen LogP contribution in [0.2, 0.25) is 0 Å². The van der Waals surface area contributed by atoms with E-state index >= 15 is 0 Å². The average Bonchev–Trinajstić information content (AvgIpc) is 1.50. The molecule has 0 aromatic rings. The fourth-order valence-corrected chi connectivity index (χ4v) is 0. The zero-order chi connectivity index (χ0) is 4.00. The van der Waals surface area contributed by atoms with Gasteiger partial charge in [0, 0.05) is 0 Å². The van der Waals surface area contributed by atoms with Gasteiger partial charge in [-0.2, -0.15) is 0 Å². The molecule has 0 rings (SSSR count). The zero-order valence-corrected chi connectivity index (χ0v) is 6.64. The van der Waals surface area contributed by atoms with Gasteiger partial charge in [-0.1, -0.05) is 0 Å². The molecule has 0 amide bonds. The molecule has 0 aromatic carbocycles. The average molecular weight is 264 g/mol. The Hall–Kier alpha value is 0.408. The van der Waals surface area contributed by atoms with Crippen LogP contribution in [0.4, 0.5) is 0 Å². The van der Waals surface area contributed by atoms with Crippen LogP contribution in [0.5, 0.6) is 0 Å². The molecule has 0 unspecified atom stereocenters. The van der Waals surface area contributed by atoms with Crippen molar-refractivity contribution in [1.29, 1.82) is 0 Å². The standard InChI is InChI=1S/2CH3.H2O2.O.W/c;;1-2;;/h2*1H3;1-2H;;/q2*-1;;;. The van der Waals surface area contributed by atoms with Crippen LogP contribution in [0.15, 0.2) is 0 Å². The van der Waals surface area contributed by atoms with Gasteiger partial charge >= 0.3 is 23.2 Å². The predicted octanol–water partition coefficient (Wildman–Crippen LogP) is 0.797. The van der Waals surface area contributed by atoms with Gasteiger partial charge in [0.15, 0.2) is 0 Å². The SMILES string of the molecule is OO.[CH3-].[CH3-].[O]=[W]. The van der Waals surface area contributed by atoms with Gasteiger partial charge in [-0.05, 0) is 0 Å². The van der Waals surface area contributed by atoms with E-state index in [0.717, 1.165) is 0 Å². The van der Waals surface area contributed by atoms with Crippen LogP contribution in [0, 0.1) is 14.9 Å². The minimum atomic E-state index is 0. The molecule has 0 radical (unpaired) electrons. The quantitative estimate of drug-likeness (QED) is 0.386. The van der Waals surface area contributed by atoms with Crippen molar-refractivity contribution in [1.82, 2.24) is 0 Å². The molecule has 0 bridgehead atoms. The summed E-state index contributed by atoms with van der Waals surface area (Å²) >= 11 is 0.333. The molecule has 0 fully saturated rings. The van der Waals surface area contributed by atoms with Gasteiger partial charge in [0.2, 0.25) is 0 Å². The first kappa shape index (κ1) is 32.3. The van der Waals surface area contributed by atoms with Crippen LogP contribution in [0.1, 0.15) is 0 Å². The Morgan fingerprint density at radius 1 is 1.00 bits per heavy atom. The van der Waals surface area contributed by atoms with Crippen LogP contribution >= 0.6 is 0 Å². The van der Waals surface area contributed by atoms with Crippen LogP contribution in [-0.2, 0) is 23.2 Å². The Morgan fingerprint density at radius 2 is 1.00 bits per heavy atom. The van der Waals surface area contributed by atoms with Crippen molar-refractivity contribution in [3.05, 3.63) is 14.9 Å². The first-order valence-electron chi connectivity index (χ1n) is 0.367. The van der Waals surface area contributed by atoms with Gasteiger partial charge in [-0.25, -0.2) is 0 Å². The maximum absolute atomic E-state index is 8.33. The second-order valence-electron chi connectivity index (χ2n) is 0. The monoisotopic (exact) mass is 264 g/mol. The molecule has 0 aliphatic carbocycles. The van der Waals surface area contributed by atoms with Crippen molar-refractivity contribution in [2.75, 3.05) is 0 Å². The zero-order valence-electron chi connectivity index (χ0n) is 3.71. The summed E-state index contributed by atoms with van der Waals surface area (Å²) in [5.74, 6) is 0. The summed E-state index contributed by atoms with van der Waals surface area (Å²) in [6.45, 7) is 0. The molecule has 6 heavy (non-hydrogen) atoms. The van der Waals surface area contributed by atoms with Crippen molar-refractivity contribution in [2.45, 2.75) is 0 Å². The molecule has 42 valence electrons. The van der Waals surface area contributed by atoms with E-state index in [1.54, 1.807) is 0 Å². The van der Waals surface area contributed by atoms with Crippen LogP contribution in [0.25, 0.3) is 0 Å². The summed E-state index contributed by atoms with van der Waals surface area (Å²) in [6.07, 6.45) is 0. The molecule has 0 atom stereocenters. The first-order chi connectivity index (χ1) is 2.00. The molecule has 0 saturated carbocycles. The van der Waals surface area contributed by atoms with E-state index in [4.69, 9.17) is 13.9 Å². The van der Waals surface area contributed by atoms with E-state index in [2.05, 4.69) is 0 Å². The Balaban J connectivity index is -0.00000000500. The van der Waals surface area contributed by atoms with Crippen molar-refractivity contribution in [3.63, 3.8) is 0 Å². The second-order valence-corrected chi connectivity index (χ2v) is 0. The van der Waals surface area contributed by atoms with Gasteiger partial charge in [0.05, 0.1) is 0 Å². The second kappa shape index (κ2) is 630. The minimum absolute atomic E-state index is 0. The Morgan fingerprint density at radius 3 is 1.00 bits per heavy atom. The third-order valence-corrected chi connectivity index (χ3v) is 0. The summed E-state index contributed by atoms with van der Waals surface area (Å²) in [4.78, 5) is 0. The first-order valence-corrected chi connectivity index (χ1v) is 1.56. The van der Waals surface area contributed by atoms with E-state index in [1.807, 2.05) is 0 Å². The van der Waals surface area contributed by atoms with E-state index < -0.39 is 0 Å². The number of hydrogen-bond acceptors (Lipinski definition) is 3. The normalized spacial score (nSPS) is 1.67. The van der Waals surface area contributed by atoms with E-state index in [0.29, 0.717) is 19.8 Å².